The number of hydrogen-bond donors (Lipinski definition) is 3. The van der Waals surface area contributed by atoms with E-state index < -0.39 is 23.7 Å². The fourth-order valence-electron chi connectivity index (χ4n) is 7.31. The summed E-state index contributed by atoms with van der Waals surface area (Å²) in [5.41, 5.74) is 2.53. The molecule has 0 aromatic rings. The molecule has 7 atom stereocenters. The molecule has 3 saturated carbocycles. The zero-order valence-electron chi connectivity index (χ0n) is 24.0. The average molecular weight is 514 g/mol. The van der Waals surface area contributed by atoms with Crippen molar-refractivity contribution in [2.24, 2.45) is 28.6 Å². The number of rotatable bonds is 8. The normalized spacial score (nSPS) is 34.7. The smallest absolute Gasteiger partial charge is 0.231 e. The van der Waals surface area contributed by atoms with Gasteiger partial charge in [0, 0.05) is 19.5 Å². The number of nitrogens with zero attached hydrogens (tertiary/aromatic N) is 1. The van der Waals surface area contributed by atoms with Gasteiger partial charge in [0.05, 0.1) is 23.7 Å². The van der Waals surface area contributed by atoms with Crippen molar-refractivity contribution in [2.45, 2.75) is 105 Å². The standard InChI is InChI=1S/C32H51NO4/c1-8-33(9-2)30(37)31(5,6)29(36)17-12-21(3)26-15-16-27-23(11-10-18-32(26,27)7)13-14-24-19-25(34)20-28(35)22(24)4/h12-14,17,21,25-29,34-36H,4,8-11,15-16,18-20H2,1-3,5-7H3/t21-,25-,26-,27+,28+,29-,32-/m1/s1. The molecule has 0 bridgehead atoms. The average Bonchev–Trinajstić information content (AvgIpc) is 3.21. The van der Waals surface area contributed by atoms with Crippen LogP contribution in [-0.4, -0.2) is 57.5 Å². The topological polar surface area (TPSA) is 81.0 Å². The molecule has 3 rings (SSSR count). The zero-order chi connectivity index (χ0) is 27.5. The number of aliphatic hydroxyl groups is 3. The number of allylic oxidation sites excluding steroid dienone is 4. The molecule has 3 fully saturated rings. The highest BCUT2D eigenvalue weighted by molar-refractivity contribution is 5.82. The molecule has 0 saturated heterocycles. The Morgan fingerprint density at radius 1 is 1.19 bits per heavy atom. The number of amides is 1. The summed E-state index contributed by atoms with van der Waals surface area (Å²) < 4.78 is 0. The molecule has 3 aliphatic carbocycles. The summed E-state index contributed by atoms with van der Waals surface area (Å²) >= 11 is 0. The highest BCUT2D eigenvalue weighted by Crippen LogP contribution is 2.59. The molecule has 0 aromatic heterocycles. The molecule has 0 aromatic carbocycles. The van der Waals surface area contributed by atoms with Gasteiger partial charge < -0.3 is 20.2 Å². The third-order valence-corrected chi connectivity index (χ3v) is 9.88. The minimum Gasteiger partial charge on any atom is -0.393 e. The number of carbonyl (C=O) groups is 1. The summed E-state index contributed by atoms with van der Waals surface area (Å²) in [5.74, 6) is 1.35. The summed E-state index contributed by atoms with van der Waals surface area (Å²) in [6, 6.07) is 0. The summed E-state index contributed by atoms with van der Waals surface area (Å²) in [4.78, 5) is 14.8. The number of hydrogen-bond acceptors (Lipinski definition) is 4. The van der Waals surface area contributed by atoms with Crippen LogP contribution in [0.3, 0.4) is 0 Å². The van der Waals surface area contributed by atoms with E-state index in [0.29, 0.717) is 43.7 Å². The monoisotopic (exact) mass is 513 g/mol. The Hall–Kier alpha value is -1.69. The molecule has 37 heavy (non-hydrogen) atoms. The van der Waals surface area contributed by atoms with Crippen molar-refractivity contribution >= 4 is 5.91 Å². The van der Waals surface area contributed by atoms with Gasteiger partial charge in [0.25, 0.3) is 0 Å². The summed E-state index contributed by atoms with van der Waals surface area (Å²) in [5, 5.41) is 31.3. The van der Waals surface area contributed by atoms with Crippen molar-refractivity contribution in [2.75, 3.05) is 13.1 Å². The van der Waals surface area contributed by atoms with Crippen LogP contribution in [0.2, 0.25) is 0 Å². The van der Waals surface area contributed by atoms with E-state index in [9.17, 15) is 20.1 Å². The Labute approximate surface area is 225 Å². The van der Waals surface area contributed by atoms with E-state index in [2.05, 4.69) is 38.7 Å². The fraction of sp³-hybridized carbons (Fsp3) is 0.719. The van der Waals surface area contributed by atoms with Gasteiger partial charge in [-0.2, -0.15) is 0 Å². The minimum absolute atomic E-state index is 0.00735. The SMILES string of the molecule is C=C1C(=CC=C2CCC[C@]3(C)[C@@H]([C@H](C)C=C[C@@H](O)C(C)(C)C(=O)N(CC)CC)CC[C@@H]23)C[C@@H](O)C[C@@H]1O. The van der Waals surface area contributed by atoms with E-state index >= 15 is 0 Å². The Morgan fingerprint density at radius 3 is 2.51 bits per heavy atom. The Kier molecular flexibility index (Phi) is 9.69. The van der Waals surface area contributed by atoms with Crippen LogP contribution in [0.15, 0.2) is 47.6 Å². The van der Waals surface area contributed by atoms with Crippen LogP contribution in [0.4, 0.5) is 0 Å². The largest absolute Gasteiger partial charge is 0.393 e. The number of carbonyl (C=O) groups excluding carboxylic acids is 1. The minimum atomic E-state index is -0.858. The third kappa shape index (κ3) is 6.15. The van der Waals surface area contributed by atoms with E-state index in [1.807, 2.05) is 33.8 Å². The van der Waals surface area contributed by atoms with Crippen LogP contribution in [-0.2, 0) is 4.79 Å². The molecule has 0 spiro atoms. The van der Waals surface area contributed by atoms with Crippen LogP contribution in [0.5, 0.6) is 0 Å². The molecule has 3 aliphatic rings. The lowest BCUT2D eigenvalue weighted by molar-refractivity contribution is -0.144. The first-order valence-corrected chi connectivity index (χ1v) is 14.5. The first-order chi connectivity index (χ1) is 17.4. The molecule has 208 valence electrons. The van der Waals surface area contributed by atoms with Gasteiger partial charge >= 0.3 is 0 Å². The molecule has 0 aliphatic heterocycles. The van der Waals surface area contributed by atoms with Crippen LogP contribution < -0.4 is 0 Å². The molecule has 5 nitrogen and oxygen atoms in total. The second kappa shape index (κ2) is 12.0. The molecule has 0 heterocycles. The summed E-state index contributed by atoms with van der Waals surface area (Å²) in [7, 11) is 0. The van der Waals surface area contributed by atoms with E-state index in [1.54, 1.807) is 4.90 Å². The summed E-state index contributed by atoms with van der Waals surface area (Å²) in [6.45, 7) is 17.7. The molecular weight excluding hydrogens is 462 g/mol. The molecule has 5 heteroatoms. The van der Waals surface area contributed by atoms with Crippen molar-refractivity contribution < 1.29 is 20.1 Å². The third-order valence-electron chi connectivity index (χ3n) is 9.88. The van der Waals surface area contributed by atoms with Crippen molar-refractivity contribution in [3.05, 3.63) is 47.6 Å². The highest BCUT2D eigenvalue weighted by Gasteiger charge is 2.50. The number of aliphatic hydroxyl groups excluding tert-OH is 3. The van der Waals surface area contributed by atoms with E-state index in [-0.39, 0.29) is 11.3 Å². The molecule has 3 N–H and O–H groups in total. The second-order valence-electron chi connectivity index (χ2n) is 12.6. The van der Waals surface area contributed by atoms with Gasteiger partial charge in [0.15, 0.2) is 0 Å². The van der Waals surface area contributed by atoms with Crippen molar-refractivity contribution in [1.82, 2.24) is 4.90 Å². The predicted molar refractivity (Wildman–Crippen MR) is 151 cm³/mol. The summed E-state index contributed by atoms with van der Waals surface area (Å²) in [6.07, 6.45) is 13.1. The lowest BCUT2D eigenvalue weighted by Crippen LogP contribution is -2.46. The van der Waals surface area contributed by atoms with Crippen molar-refractivity contribution in [1.29, 1.82) is 0 Å². The van der Waals surface area contributed by atoms with Gasteiger partial charge in [-0.25, -0.2) is 0 Å². The Bertz CT molecular complexity index is 927. The second-order valence-corrected chi connectivity index (χ2v) is 12.6. The van der Waals surface area contributed by atoms with E-state index in [0.717, 1.165) is 36.8 Å². The molecule has 0 radical (unpaired) electrons. The number of fused-ring (bicyclic) bond motifs is 1. The van der Waals surface area contributed by atoms with Crippen LogP contribution in [0.1, 0.15) is 86.5 Å². The van der Waals surface area contributed by atoms with Gasteiger partial charge in [0.2, 0.25) is 5.91 Å². The lowest BCUT2D eigenvalue weighted by atomic mass is 9.61. The van der Waals surface area contributed by atoms with Gasteiger partial charge in [-0.15, -0.1) is 0 Å². The van der Waals surface area contributed by atoms with Gasteiger partial charge in [-0.3, -0.25) is 4.79 Å². The Morgan fingerprint density at radius 2 is 1.86 bits per heavy atom. The quantitative estimate of drug-likeness (QED) is 0.370. The first-order valence-electron chi connectivity index (χ1n) is 14.5. The van der Waals surface area contributed by atoms with Gasteiger partial charge in [-0.1, -0.05) is 50.3 Å². The Balaban J connectivity index is 1.73. The van der Waals surface area contributed by atoms with Crippen LogP contribution in [0.25, 0.3) is 0 Å². The van der Waals surface area contributed by atoms with Crippen molar-refractivity contribution in [3.63, 3.8) is 0 Å². The zero-order valence-corrected chi connectivity index (χ0v) is 24.0. The molecular formula is C32H51NO4. The van der Waals surface area contributed by atoms with Crippen LogP contribution in [0, 0.1) is 28.6 Å². The maximum Gasteiger partial charge on any atom is 0.231 e. The van der Waals surface area contributed by atoms with E-state index in [1.165, 1.54) is 12.0 Å². The maximum atomic E-state index is 13.0. The van der Waals surface area contributed by atoms with Crippen LogP contribution >= 0.6 is 0 Å². The highest BCUT2D eigenvalue weighted by atomic mass is 16.3. The van der Waals surface area contributed by atoms with Gasteiger partial charge in [-0.05, 0) is 101 Å². The van der Waals surface area contributed by atoms with E-state index in [4.69, 9.17) is 0 Å². The fourth-order valence-corrected chi connectivity index (χ4v) is 7.31. The van der Waals surface area contributed by atoms with Crippen molar-refractivity contribution in [3.8, 4) is 0 Å². The van der Waals surface area contributed by atoms with Gasteiger partial charge in [0.1, 0.15) is 0 Å². The lowest BCUT2D eigenvalue weighted by Gasteiger charge is -2.44. The maximum absolute atomic E-state index is 13.0. The molecule has 0 unspecified atom stereocenters. The predicted octanol–water partition coefficient (Wildman–Crippen LogP) is 5.58. The first kappa shape index (κ1) is 29.9. The molecule has 1 amide bonds.